The molecular weight excluding hydrogens is 511 g/mol. The van der Waals surface area contributed by atoms with E-state index in [2.05, 4.69) is 46.1 Å². The van der Waals surface area contributed by atoms with Crippen molar-refractivity contribution in [2.24, 2.45) is 4.99 Å². The van der Waals surface area contributed by atoms with Gasteiger partial charge in [-0.15, -0.1) is 0 Å². The Kier molecular flexibility index (Phi) is 6.29. The van der Waals surface area contributed by atoms with Gasteiger partial charge in [0.05, 0.1) is 22.0 Å². The Bertz CT molecular complexity index is 1370. The fourth-order valence-corrected chi connectivity index (χ4v) is 7.71. The first-order valence-corrected chi connectivity index (χ1v) is 14.7. The summed E-state index contributed by atoms with van der Waals surface area (Å²) in [5.41, 5.74) is 5.96. The zero-order valence-corrected chi connectivity index (χ0v) is 23.3. The third-order valence-electron chi connectivity index (χ3n) is 9.58. The standard InChI is InChI=1S/C31H36ClFN6/c1-19(6-3-9-31-10-4-12-39(31)13-5-11-31)36-30(38-17-21-14-22(18-38)37-21)24-16-35-29-23(20(24)2)15-34-26-8-7-25(32)28(33)27(26)29/h3,6-8,16,21-22,34,37H,1,4-5,9-15,17-18H2,2H3/b6-3-,36-30?. The Labute approximate surface area is 235 Å². The number of allylic oxidation sites excluding steroid dienone is 1. The van der Waals surface area contributed by atoms with E-state index in [1.165, 1.54) is 45.2 Å². The predicted octanol–water partition coefficient (Wildman–Crippen LogP) is 5.66. The van der Waals surface area contributed by atoms with Crippen molar-refractivity contribution in [1.29, 1.82) is 0 Å². The molecule has 204 valence electrons. The van der Waals surface area contributed by atoms with Gasteiger partial charge in [0.1, 0.15) is 5.84 Å². The number of nitrogens with one attached hydrogen (secondary N) is 2. The van der Waals surface area contributed by atoms with Crippen LogP contribution < -0.4 is 10.6 Å². The molecule has 5 fully saturated rings. The van der Waals surface area contributed by atoms with Crippen molar-refractivity contribution in [2.75, 3.05) is 31.5 Å². The SMILES string of the molecule is C=C(/C=C\CC12CCCN1CCC2)N=C(c1cnc2c(c1C)CNc1ccc(Cl)c(F)c1-2)N1CC2CC(C1)N2. The van der Waals surface area contributed by atoms with E-state index in [9.17, 15) is 0 Å². The highest BCUT2D eigenvalue weighted by atomic mass is 35.5. The van der Waals surface area contributed by atoms with E-state index in [-0.39, 0.29) is 5.02 Å². The summed E-state index contributed by atoms with van der Waals surface area (Å²) >= 11 is 6.14. The number of rotatable bonds is 5. The summed E-state index contributed by atoms with van der Waals surface area (Å²) in [6, 6.07) is 4.39. The Morgan fingerprint density at radius 2 is 2.00 bits per heavy atom. The van der Waals surface area contributed by atoms with Crippen LogP contribution in [0.3, 0.4) is 0 Å². The summed E-state index contributed by atoms with van der Waals surface area (Å²) in [6.45, 7) is 11.3. The number of amidine groups is 1. The molecule has 0 spiro atoms. The topological polar surface area (TPSA) is 55.8 Å². The fraction of sp³-hybridized carbons (Fsp3) is 0.484. The van der Waals surface area contributed by atoms with E-state index in [1.54, 1.807) is 6.07 Å². The van der Waals surface area contributed by atoms with Crippen molar-refractivity contribution in [3.63, 3.8) is 0 Å². The lowest BCUT2D eigenvalue weighted by atomic mass is 9.89. The van der Waals surface area contributed by atoms with E-state index in [0.29, 0.717) is 35.4 Å². The molecule has 2 atom stereocenters. The van der Waals surface area contributed by atoms with Crippen LogP contribution in [0.4, 0.5) is 10.1 Å². The Balaban J connectivity index is 1.22. The van der Waals surface area contributed by atoms with E-state index in [0.717, 1.165) is 53.4 Å². The molecule has 2 unspecified atom stereocenters. The van der Waals surface area contributed by atoms with Gasteiger partial charge in [0.2, 0.25) is 0 Å². The van der Waals surface area contributed by atoms with Crippen LogP contribution in [-0.2, 0) is 6.54 Å². The Morgan fingerprint density at radius 1 is 1.26 bits per heavy atom. The third kappa shape index (κ3) is 4.30. The number of halogens is 2. The average Bonchev–Trinajstić information content (AvgIpc) is 3.50. The highest BCUT2D eigenvalue weighted by Crippen LogP contribution is 2.42. The molecule has 2 N–H and O–H groups in total. The normalized spacial score (nSPS) is 25.2. The summed E-state index contributed by atoms with van der Waals surface area (Å²) in [6.07, 6.45) is 13.7. The maximum atomic E-state index is 15.1. The third-order valence-corrected chi connectivity index (χ3v) is 9.88. The van der Waals surface area contributed by atoms with Crippen LogP contribution in [0.15, 0.2) is 47.7 Å². The van der Waals surface area contributed by atoms with Crippen LogP contribution >= 0.6 is 11.6 Å². The van der Waals surface area contributed by atoms with Crippen LogP contribution in [0.2, 0.25) is 5.02 Å². The number of aliphatic imine (C=N–C) groups is 1. The van der Waals surface area contributed by atoms with Gasteiger partial charge in [-0.3, -0.25) is 9.88 Å². The van der Waals surface area contributed by atoms with Gasteiger partial charge in [-0.2, -0.15) is 0 Å². The Hall–Kier alpha value is -2.74. The van der Waals surface area contributed by atoms with Gasteiger partial charge in [0, 0.05) is 60.3 Å². The molecule has 8 rings (SSSR count). The highest BCUT2D eigenvalue weighted by molar-refractivity contribution is 6.31. The number of piperazine rings is 1. The molecule has 1 aromatic carbocycles. The van der Waals surface area contributed by atoms with Gasteiger partial charge in [-0.25, -0.2) is 9.38 Å². The van der Waals surface area contributed by atoms with E-state index < -0.39 is 5.82 Å². The second kappa shape index (κ2) is 9.72. The first-order chi connectivity index (χ1) is 18.9. The molecule has 2 aromatic rings. The largest absolute Gasteiger partial charge is 0.380 e. The first kappa shape index (κ1) is 25.2. The van der Waals surface area contributed by atoms with Crippen molar-refractivity contribution >= 4 is 23.1 Å². The van der Waals surface area contributed by atoms with E-state index in [4.69, 9.17) is 21.6 Å². The number of piperidine rings is 1. The lowest BCUT2D eigenvalue weighted by molar-refractivity contribution is 0.128. The number of hydrogen-bond donors (Lipinski definition) is 2. The van der Waals surface area contributed by atoms with Crippen molar-refractivity contribution < 1.29 is 4.39 Å². The van der Waals surface area contributed by atoms with E-state index in [1.807, 2.05) is 12.3 Å². The molecule has 6 aliphatic rings. The number of benzene rings is 1. The number of nitrogens with zero attached hydrogens (tertiary/aromatic N) is 4. The van der Waals surface area contributed by atoms with Gasteiger partial charge >= 0.3 is 0 Å². The lowest BCUT2D eigenvalue weighted by Gasteiger charge is -2.49. The smallest absolute Gasteiger partial charge is 0.153 e. The van der Waals surface area contributed by atoms with Gasteiger partial charge in [0.15, 0.2) is 5.82 Å². The van der Waals surface area contributed by atoms with Crippen LogP contribution in [-0.4, -0.2) is 64.4 Å². The molecule has 2 bridgehead atoms. The summed E-state index contributed by atoms with van der Waals surface area (Å²) in [7, 11) is 0. The summed E-state index contributed by atoms with van der Waals surface area (Å²) in [5, 5.41) is 7.10. The van der Waals surface area contributed by atoms with Crippen molar-refractivity contribution in [1.82, 2.24) is 20.1 Å². The van der Waals surface area contributed by atoms with Crippen LogP contribution in [0.5, 0.6) is 0 Å². The molecule has 5 saturated heterocycles. The molecule has 1 aromatic heterocycles. The van der Waals surface area contributed by atoms with Crippen molar-refractivity contribution in [2.45, 2.75) is 69.6 Å². The molecule has 7 heterocycles. The van der Waals surface area contributed by atoms with Gasteiger partial charge in [-0.1, -0.05) is 24.3 Å². The molecule has 8 heteroatoms. The van der Waals surface area contributed by atoms with Crippen LogP contribution in [0.25, 0.3) is 11.3 Å². The number of pyridine rings is 1. The first-order valence-electron chi connectivity index (χ1n) is 14.3. The number of hydrogen-bond acceptors (Lipinski definition) is 5. The molecule has 0 aliphatic carbocycles. The number of aromatic nitrogens is 1. The molecule has 0 amide bonds. The van der Waals surface area contributed by atoms with E-state index >= 15 is 4.39 Å². The lowest BCUT2D eigenvalue weighted by Crippen LogP contribution is -2.67. The predicted molar refractivity (Wildman–Crippen MR) is 156 cm³/mol. The fourth-order valence-electron chi connectivity index (χ4n) is 7.55. The number of anilines is 1. The molecule has 6 aliphatic heterocycles. The molecule has 0 radical (unpaired) electrons. The molecule has 0 saturated carbocycles. The summed E-state index contributed by atoms with van der Waals surface area (Å²) in [4.78, 5) is 15.0. The second-order valence-electron chi connectivity index (χ2n) is 11.9. The van der Waals surface area contributed by atoms with Gasteiger partial charge < -0.3 is 15.5 Å². The van der Waals surface area contributed by atoms with Crippen LogP contribution in [0.1, 0.15) is 55.2 Å². The Morgan fingerprint density at radius 3 is 2.74 bits per heavy atom. The van der Waals surface area contributed by atoms with Gasteiger partial charge in [0.25, 0.3) is 0 Å². The second-order valence-corrected chi connectivity index (χ2v) is 12.3. The number of fused-ring (bicyclic) bond motifs is 6. The molecular formula is C31H36ClFN6. The molecule has 39 heavy (non-hydrogen) atoms. The maximum Gasteiger partial charge on any atom is 0.153 e. The molecule has 6 nitrogen and oxygen atoms in total. The summed E-state index contributed by atoms with van der Waals surface area (Å²) < 4.78 is 15.1. The minimum atomic E-state index is -0.431. The monoisotopic (exact) mass is 546 g/mol. The minimum absolute atomic E-state index is 0.107. The zero-order chi connectivity index (χ0) is 26.7. The van der Waals surface area contributed by atoms with Crippen LogP contribution in [0, 0.1) is 12.7 Å². The van der Waals surface area contributed by atoms with Crippen molar-refractivity contribution in [3.05, 3.63) is 70.3 Å². The van der Waals surface area contributed by atoms with Crippen molar-refractivity contribution in [3.8, 4) is 11.3 Å². The average molecular weight is 547 g/mol. The van der Waals surface area contributed by atoms with Gasteiger partial charge in [-0.05, 0) is 82.3 Å². The zero-order valence-electron chi connectivity index (χ0n) is 22.6. The summed E-state index contributed by atoms with van der Waals surface area (Å²) in [5.74, 6) is 0.479. The maximum absolute atomic E-state index is 15.1. The minimum Gasteiger partial charge on any atom is -0.380 e. The highest BCUT2D eigenvalue weighted by Gasteiger charge is 2.43. The quantitative estimate of drug-likeness (QED) is 0.288.